The highest BCUT2D eigenvalue weighted by molar-refractivity contribution is 6.30. The van der Waals surface area contributed by atoms with Crippen molar-refractivity contribution in [2.45, 2.75) is 12.6 Å². The largest absolute Gasteiger partial charge is 0.380 e. The van der Waals surface area contributed by atoms with Gasteiger partial charge in [0.05, 0.1) is 6.54 Å². The first-order valence-electron chi connectivity index (χ1n) is 8.03. The van der Waals surface area contributed by atoms with E-state index in [2.05, 4.69) is 15.1 Å². The van der Waals surface area contributed by atoms with Gasteiger partial charge in [-0.15, -0.1) is 0 Å². The summed E-state index contributed by atoms with van der Waals surface area (Å²) in [5.41, 5.74) is 1.57. The third kappa shape index (κ3) is 3.37. The summed E-state index contributed by atoms with van der Waals surface area (Å²) >= 11 is 5.90. The van der Waals surface area contributed by atoms with Crippen LogP contribution in [0.1, 0.15) is 23.3 Å². The number of imidazole rings is 1. The Morgan fingerprint density at radius 1 is 1.08 bits per heavy atom. The first-order valence-corrected chi connectivity index (χ1v) is 8.41. The first-order chi connectivity index (χ1) is 12.7. The van der Waals surface area contributed by atoms with E-state index in [9.17, 15) is 5.11 Å². The van der Waals surface area contributed by atoms with Gasteiger partial charge in [-0.25, -0.2) is 4.98 Å². The lowest BCUT2D eigenvalue weighted by Gasteiger charge is -2.12. The van der Waals surface area contributed by atoms with Crippen LogP contribution in [0.3, 0.4) is 0 Å². The molecule has 1 N–H and O–H groups in total. The Labute approximate surface area is 154 Å². The normalized spacial score (nSPS) is 12.2. The predicted molar refractivity (Wildman–Crippen MR) is 96.6 cm³/mol. The van der Waals surface area contributed by atoms with Crippen LogP contribution >= 0.6 is 11.6 Å². The Kier molecular flexibility index (Phi) is 4.51. The Morgan fingerprint density at radius 2 is 1.85 bits per heavy atom. The quantitative estimate of drug-likeness (QED) is 0.582. The molecular formula is C19H15ClN4O2. The van der Waals surface area contributed by atoms with E-state index < -0.39 is 6.10 Å². The third-order valence-corrected chi connectivity index (χ3v) is 4.23. The second-order valence-electron chi connectivity index (χ2n) is 5.75. The maximum atomic E-state index is 10.6. The van der Waals surface area contributed by atoms with Gasteiger partial charge >= 0.3 is 0 Å². The minimum Gasteiger partial charge on any atom is -0.380 e. The molecule has 6 nitrogen and oxygen atoms in total. The number of aliphatic hydroxyl groups is 1. The van der Waals surface area contributed by atoms with Crippen LogP contribution in [-0.4, -0.2) is 24.8 Å². The number of nitrogens with zero attached hydrogens (tertiary/aromatic N) is 4. The topological polar surface area (TPSA) is 77.0 Å². The highest BCUT2D eigenvalue weighted by Gasteiger charge is 2.17. The van der Waals surface area contributed by atoms with Gasteiger partial charge in [-0.3, -0.25) is 0 Å². The molecule has 0 bridgehead atoms. The Morgan fingerprint density at radius 3 is 2.62 bits per heavy atom. The first kappa shape index (κ1) is 16.5. The summed E-state index contributed by atoms with van der Waals surface area (Å²) in [5, 5.41) is 15.2. The van der Waals surface area contributed by atoms with Gasteiger partial charge in [-0.05, 0) is 29.8 Å². The van der Waals surface area contributed by atoms with Crippen LogP contribution in [0.15, 0.2) is 71.5 Å². The van der Waals surface area contributed by atoms with Crippen molar-refractivity contribution in [2.24, 2.45) is 0 Å². The zero-order chi connectivity index (χ0) is 17.9. The molecule has 0 amide bonds. The smallest absolute Gasteiger partial charge is 0.257 e. The predicted octanol–water partition coefficient (Wildman–Crippen LogP) is 3.72. The maximum absolute atomic E-state index is 10.6. The van der Waals surface area contributed by atoms with Gasteiger partial charge in [0.15, 0.2) is 5.82 Å². The molecule has 0 radical (unpaired) electrons. The lowest BCUT2D eigenvalue weighted by Crippen LogP contribution is -2.11. The van der Waals surface area contributed by atoms with Crippen molar-refractivity contribution in [3.8, 4) is 11.5 Å². The lowest BCUT2D eigenvalue weighted by atomic mass is 10.1. The van der Waals surface area contributed by atoms with Crippen molar-refractivity contribution in [1.29, 1.82) is 0 Å². The molecular weight excluding hydrogens is 352 g/mol. The standard InChI is InChI=1S/C19H15ClN4O2/c20-15-8-6-14(7-9-15)19-22-16(23-26-19)12-24-11-10-21-18(24)17(25)13-4-2-1-3-5-13/h1-11,17,25H,12H2/t17-/m1/s1. The summed E-state index contributed by atoms with van der Waals surface area (Å²) in [7, 11) is 0. The number of hydrogen-bond donors (Lipinski definition) is 1. The summed E-state index contributed by atoms with van der Waals surface area (Å²) in [4.78, 5) is 8.68. The number of aromatic nitrogens is 4. The molecule has 26 heavy (non-hydrogen) atoms. The van der Waals surface area contributed by atoms with E-state index in [1.165, 1.54) is 0 Å². The number of benzene rings is 2. The van der Waals surface area contributed by atoms with Crippen LogP contribution in [0.4, 0.5) is 0 Å². The van der Waals surface area contributed by atoms with E-state index in [1.54, 1.807) is 29.1 Å². The van der Waals surface area contributed by atoms with Crippen molar-refractivity contribution in [1.82, 2.24) is 19.7 Å². The molecule has 7 heteroatoms. The number of hydrogen-bond acceptors (Lipinski definition) is 5. The number of halogens is 1. The molecule has 0 aliphatic rings. The summed E-state index contributed by atoms with van der Waals surface area (Å²) in [5.74, 6) is 1.44. The SMILES string of the molecule is O[C@H](c1ccccc1)c1nccn1Cc1noc(-c2ccc(Cl)cc2)n1. The molecule has 1 atom stereocenters. The van der Waals surface area contributed by atoms with E-state index in [-0.39, 0.29) is 0 Å². The van der Waals surface area contributed by atoms with Crippen molar-refractivity contribution >= 4 is 11.6 Å². The van der Waals surface area contributed by atoms with Gasteiger partial charge < -0.3 is 14.2 Å². The third-order valence-electron chi connectivity index (χ3n) is 3.98. The molecule has 0 saturated carbocycles. The summed E-state index contributed by atoms with van der Waals surface area (Å²) in [6.07, 6.45) is 2.59. The highest BCUT2D eigenvalue weighted by Crippen LogP contribution is 2.22. The monoisotopic (exact) mass is 366 g/mol. The van der Waals surface area contributed by atoms with Crippen molar-refractivity contribution < 1.29 is 9.63 Å². The van der Waals surface area contributed by atoms with Crippen LogP contribution in [0, 0.1) is 0 Å². The van der Waals surface area contributed by atoms with E-state index in [4.69, 9.17) is 16.1 Å². The average molecular weight is 367 g/mol. The molecule has 0 spiro atoms. The Bertz CT molecular complexity index is 996. The minimum atomic E-state index is -0.825. The number of aliphatic hydroxyl groups excluding tert-OH is 1. The van der Waals surface area contributed by atoms with Crippen molar-refractivity contribution in [2.75, 3.05) is 0 Å². The summed E-state index contributed by atoms with van der Waals surface area (Å²) < 4.78 is 7.12. The van der Waals surface area contributed by atoms with Gasteiger partial charge in [0.2, 0.25) is 0 Å². The van der Waals surface area contributed by atoms with Gasteiger partial charge in [-0.2, -0.15) is 4.98 Å². The fourth-order valence-corrected chi connectivity index (χ4v) is 2.79. The molecule has 2 aromatic carbocycles. The van der Waals surface area contributed by atoms with E-state index >= 15 is 0 Å². The van der Waals surface area contributed by atoms with Crippen LogP contribution < -0.4 is 0 Å². The molecule has 130 valence electrons. The Balaban J connectivity index is 1.56. The van der Waals surface area contributed by atoms with Gasteiger partial charge in [0.25, 0.3) is 5.89 Å². The molecule has 4 aromatic rings. The molecule has 0 fully saturated rings. The number of rotatable bonds is 5. The van der Waals surface area contributed by atoms with Crippen LogP contribution in [-0.2, 0) is 6.54 Å². The fourth-order valence-electron chi connectivity index (χ4n) is 2.67. The molecule has 4 rings (SSSR count). The molecule has 0 saturated heterocycles. The second-order valence-corrected chi connectivity index (χ2v) is 6.19. The van der Waals surface area contributed by atoms with Crippen LogP contribution in [0.5, 0.6) is 0 Å². The molecule has 0 aliphatic heterocycles. The highest BCUT2D eigenvalue weighted by atomic mass is 35.5. The molecule has 2 heterocycles. The maximum Gasteiger partial charge on any atom is 0.257 e. The van der Waals surface area contributed by atoms with Crippen molar-refractivity contribution in [3.05, 3.63) is 89.2 Å². The van der Waals surface area contributed by atoms with E-state index in [0.717, 1.165) is 11.1 Å². The van der Waals surface area contributed by atoms with E-state index in [0.29, 0.717) is 29.1 Å². The molecule has 2 aromatic heterocycles. The summed E-state index contributed by atoms with van der Waals surface area (Å²) in [6, 6.07) is 16.6. The van der Waals surface area contributed by atoms with Gasteiger partial charge in [0, 0.05) is 23.0 Å². The lowest BCUT2D eigenvalue weighted by molar-refractivity contribution is 0.205. The van der Waals surface area contributed by atoms with Gasteiger partial charge in [-0.1, -0.05) is 47.1 Å². The van der Waals surface area contributed by atoms with Crippen LogP contribution in [0.2, 0.25) is 5.02 Å². The molecule has 0 aliphatic carbocycles. The van der Waals surface area contributed by atoms with Gasteiger partial charge in [0.1, 0.15) is 11.9 Å². The van der Waals surface area contributed by atoms with Crippen molar-refractivity contribution in [3.63, 3.8) is 0 Å². The summed E-state index contributed by atoms with van der Waals surface area (Å²) in [6.45, 7) is 0.344. The van der Waals surface area contributed by atoms with Crippen LogP contribution in [0.25, 0.3) is 11.5 Å². The molecule has 0 unspecified atom stereocenters. The fraction of sp³-hybridized carbons (Fsp3) is 0.105. The van der Waals surface area contributed by atoms with E-state index in [1.807, 2.05) is 42.5 Å². The average Bonchev–Trinajstić information content (AvgIpc) is 3.33. The zero-order valence-electron chi connectivity index (χ0n) is 13.7. The zero-order valence-corrected chi connectivity index (χ0v) is 14.4. The second kappa shape index (κ2) is 7.11. The minimum absolute atomic E-state index is 0.344. The Hall–Kier alpha value is -2.96.